The highest BCUT2D eigenvalue weighted by Gasteiger charge is 2.00. The predicted molar refractivity (Wildman–Crippen MR) is 56.1 cm³/mol. The van der Waals surface area contributed by atoms with Crippen LogP contribution in [0.5, 0.6) is 0 Å². The molecule has 0 aromatic carbocycles. The minimum atomic E-state index is 0.557. The molecule has 0 aliphatic heterocycles. The van der Waals surface area contributed by atoms with Gasteiger partial charge in [-0.2, -0.15) is 0 Å². The SMILES string of the molecule is C=C/C=C(\C=C)Cn1cncc1C=O. The van der Waals surface area contributed by atoms with Crippen molar-refractivity contribution in [1.82, 2.24) is 9.55 Å². The lowest BCUT2D eigenvalue weighted by Crippen LogP contribution is -2.02. The summed E-state index contributed by atoms with van der Waals surface area (Å²) in [5.74, 6) is 0. The molecule has 1 heterocycles. The van der Waals surface area contributed by atoms with Crippen LogP contribution in [-0.4, -0.2) is 15.8 Å². The number of hydrogen-bond acceptors (Lipinski definition) is 2. The molecule has 0 aliphatic carbocycles. The average molecular weight is 188 g/mol. The van der Waals surface area contributed by atoms with Gasteiger partial charge < -0.3 is 4.57 Å². The van der Waals surface area contributed by atoms with Crippen molar-refractivity contribution < 1.29 is 4.79 Å². The van der Waals surface area contributed by atoms with Gasteiger partial charge in [-0.15, -0.1) is 0 Å². The molecular weight excluding hydrogens is 176 g/mol. The van der Waals surface area contributed by atoms with Gasteiger partial charge in [0.1, 0.15) is 5.69 Å². The lowest BCUT2D eigenvalue weighted by Gasteiger charge is -2.03. The molecule has 0 amide bonds. The van der Waals surface area contributed by atoms with E-state index in [1.807, 2.05) is 6.08 Å². The first kappa shape index (κ1) is 10.2. The maximum atomic E-state index is 10.6. The summed E-state index contributed by atoms with van der Waals surface area (Å²) in [6.07, 6.45) is 9.19. The van der Waals surface area contributed by atoms with Gasteiger partial charge in [-0.3, -0.25) is 4.79 Å². The monoisotopic (exact) mass is 188 g/mol. The number of aldehydes is 1. The van der Waals surface area contributed by atoms with Crippen LogP contribution in [0.2, 0.25) is 0 Å². The van der Waals surface area contributed by atoms with Crippen molar-refractivity contribution in [3.8, 4) is 0 Å². The molecule has 0 saturated carbocycles. The lowest BCUT2D eigenvalue weighted by atomic mass is 10.2. The zero-order valence-corrected chi connectivity index (χ0v) is 7.89. The fourth-order valence-electron chi connectivity index (χ4n) is 1.09. The van der Waals surface area contributed by atoms with E-state index < -0.39 is 0 Å². The zero-order valence-electron chi connectivity index (χ0n) is 7.89. The van der Waals surface area contributed by atoms with Crippen LogP contribution in [0.15, 0.2) is 49.5 Å². The normalized spacial score (nSPS) is 11.0. The number of rotatable bonds is 5. The molecule has 3 nitrogen and oxygen atoms in total. The molecule has 0 spiro atoms. The van der Waals surface area contributed by atoms with Gasteiger partial charge in [0, 0.05) is 6.54 Å². The van der Waals surface area contributed by atoms with Crippen LogP contribution in [0.4, 0.5) is 0 Å². The molecule has 1 rings (SSSR count). The Balaban J connectivity index is 2.86. The van der Waals surface area contributed by atoms with E-state index >= 15 is 0 Å². The molecule has 0 bridgehead atoms. The summed E-state index contributed by atoms with van der Waals surface area (Å²) in [6.45, 7) is 7.87. The van der Waals surface area contributed by atoms with Crippen molar-refractivity contribution in [3.63, 3.8) is 0 Å². The van der Waals surface area contributed by atoms with Crippen molar-refractivity contribution in [2.45, 2.75) is 6.54 Å². The van der Waals surface area contributed by atoms with Crippen molar-refractivity contribution >= 4 is 6.29 Å². The lowest BCUT2D eigenvalue weighted by molar-refractivity contribution is 0.111. The van der Waals surface area contributed by atoms with Gasteiger partial charge in [-0.25, -0.2) is 4.98 Å². The maximum Gasteiger partial charge on any atom is 0.168 e. The number of carbonyl (C=O) groups excluding carboxylic acids is 1. The highest BCUT2D eigenvalue weighted by molar-refractivity contribution is 5.71. The average Bonchev–Trinajstić information content (AvgIpc) is 2.64. The number of allylic oxidation sites excluding steroid dienone is 4. The molecule has 0 aliphatic rings. The summed E-state index contributed by atoms with van der Waals surface area (Å²) in [6, 6.07) is 0. The van der Waals surface area contributed by atoms with E-state index in [2.05, 4.69) is 18.1 Å². The minimum absolute atomic E-state index is 0.557. The summed E-state index contributed by atoms with van der Waals surface area (Å²) >= 11 is 0. The Hall–Kier alpha value is -1.90. The number of aromatic nitrogens is 2. The van der Waals surface area contributed by atoms with Crippen molar-refractivity contribution in [2.24, 2.45) is 0 Å². The van der Waals surface area contributed by atoms with E-state index in [1.54, 1.807) is 23.0 Å². The molecular formula is C11H12N2O. The number of nitrogens with zero attached hydrogens (tertiary/aromatic N) is 2. The first-order valence-corrected chi connectivity index (χ1v) is 4.21. The third-order valence-corrected chi connectivity index (χ3v) is 1.81. The third-order valence-electron chi connectivity index (χ3n) is 1.81. The molecule has 0 unspecified atom stereocenters. The summed E-state index contributed by atoms with van der Waals surface area (Å²) in [5, 5.41) is 0. The van der Waals surface area contributed by atoms with Crippen LogP contribution in [0, 0.1) is 0 Å². The zero-order chi connectivity index (χ0) is 10.4. The molecule has 0 atom stereocenters. The second kappa shape index (κ2) is 4.97. The summed E-state index contributed by atoms with van der Waals surface area (Å²) < 4.78 is 1.75. The van der Waals surface area contributed by atoms with E-state index in [-0.39, 0.29) is 0 Å². The third kappa shape index (κ3) is 2.29. The molecule has 0 N–H and O–H groups in total. The van der Waals surface area contributed by atoms with Gasteiger partial charge in [-0.1, -0.05) is 31.4 Å². The molecule has 0 fully saturated rings. The van der Waals surface area contributed by atoms with E-state index in [1.165, 1.54) is 6.20 Å². The molecule has 0 saturated heterocycles. The van der Waals surface area contributed by atoms with Gasteiger partial charge in [0.15, 0.2) is 6.29 Å². The number of imidazole rings is 1. The van der Waals surface area contributed by atoms with Crippen molar-refractivity contribution in [2.75, 3.05) is 0 Å². The van der Waals surface area contributed by atoms with Gasteiger partial charge in [0.2, 0.25) is 0 Å². The van der Waals surface area contributed by atoms with Crippen LogP contribution in [-0.2, 0) is 6.54 Å². The van der Waals surface area contributed by atoms with Crippen LogP contribution in [0.1, 0.15) is 10.5 Å². The summed E-state index contributed by atoms with van der Waals surface area (Å²) in [5.41, 5.74) is 1.54. The van der Waals surface area contributed by atoms with Crippen LogP contribution in [0.3, 0.4) is 0 Å². The molecule has 1 aromatic heterocycles. The summed E-state index contributed by atoms with van der Waals surface area (Å²) in [4.78, 5) is 14.5. The first-order chi connectivity index (χ1) is 6.81. The van der Waals surface area contributed by atoms with Gasteiger partial charge >= 0.3 is 0 Å². The smallest absolute Gasteiger partial charge is 0.168 e. The molecule has 3 heteroatoms. The van der Waals surface area contributed by atoms with E-state index in [0.29, 0.717) is 12.2 Å². The minimum Gasteiger partial charge on any atom is -0.324 e. The summed E-state index contributed by atoms with van der Waals surface area (Å²) in [7, 11) is 0. The predicted octanol–water partition coefficient (Wildman–Crippen LogP) is 1.99. The molecule has 1 aromatic rings. The second-order valence-electron chi connectivity index (χ2n) is 2.75. The second-order valence-corrected chi connectivity index (χ2v) is 2.75. The van der Waals surface area contributed by atoms with Crippen LogP contribution in [0.25, 0.3) is 0 Å². The Morgan fingerprint density at radius 3 is 2.93 bits per heavy atom. The molecule has 14 heavy (non-hydrogen) atoms. The quantitative estimate of drug-likeness (QED) is 0.523. The van der Waals surface area contributed by atoms with Gasteiger partial charge in [-0.05, 0) is 5.57 Å². The molecule has 72 valence electrons. The van der Waals surface area contributed by atoms with E-state index in [0.717, 1.165) is 11.9 Å². The maximum absolute atomic E-state index is 10.6. The first-order valence-electron chi connectivity index (χ1n) is 4.21. The Morgan fingerprint density at radius 2 is 2.36 bits per heavy atom. The Morgan fingerprint density at radius 1 is 1.57 bits per heavy atom. The Kier molecular flexibility index (Phi) is 3.61. The van der Waals surface area contributed by atoms with Crippen LogP contribution < -0.4 is 0 Å². The Labute approximate surface area is 83.1 Å². The van der Waals surface area contributed by atoms with Crippen LogP contribution >= 0.6 is 0 Å². The number of carbonyl (C=O) groups is 1. The van der Waals surface area contributed by atoms with Gasteiger partial charge in [0.25, 0.3) is 0 Å². The van der Waals surface area contributed by atoms with Gasteiger partial charge in [0.05, 0.1) is 12.5 Å². The highest BCUT2D eigenvalue weighted by atomic mass is 16.1. The van der Waals surface area contributed by atoms with E-state index in [9.17, 15) is 4.79 Å². The fourth-order valence-corrected chi connectivity index (χ4v) is 1.09. The van der Waals surface area contributed by atoms with E-state index in [4.69, 9.17) is 0 Å². The largest absolute Gasteiger partial charge is 0.324 e. The van der Waals surface area contributed by atoms with Crippen molar-refractivity contribution in [3.05, 3.63) is 55.2 Å². The highest BCUT2D eigenvalue weighted by Crippen LogP contribution is 2.04. The topological polar surface area (TPSA) is 34.9 Å². The van der Waals surface area contributed by atoms with Crippen molar-refractivity contribution in [1.29, 1.82) is 0 Å². The number of hydrogen-bond donors (Lipinski definition) is 0. The Bertz CT molecular complexity index is 374. The standard InChI is InChI=1S/C11H12N2O/c1-3-5-10(4-2)7-13-9-12-6-11(13)8-14/h3-6,8-9H,1-2,7H2/b10-5+. The molecule has 0 radical (unpaired) electrons. The fraction of sp³-hybridized carbons (Fsp3) is 0.0909.